The van der Waals surface area contributed by atoms with Gasteiger partial charge in [0, 0.05) is 6.04 Å². The number of amides is 1. The fraction of sp³-hybridized carbons (Fsp3) is 0.800. The topological polar surface area (TPSA) is 72.6 Å². The summed E-state index contributed by atoms with van der Waals surface area (Å²) in [6.45, 7) is 7.27. The van der Waals surface area contributed by atoms with Gasteiger partial charge in [0.25, 0.3) is 0 Å². The molecule has 0 aliphatic heterocycles. The second-order valence-electron chi connectivity index (χ2n) is 3.65. The molecular weight excluding hydrogens is 196 g/mol. The van der Waals surface area contributed by atoms with Crippen molar-refractivity contribution in [3.05, 3.63) is 0 Å². The summed E-state index contributed by atoms with van der Waals surface area (Å²) < 4.78 is 4.78. The number of hydrogen-bond acceptors (Lipinski definition) is 4. The summed E-state index contributed by atoms with van der Waals surface area (Å²) in [5.41, 5.74) is 5.48. The number of esters is 1. The molecule has 0 saturated heterocycles. The molecule has 0 aromatic heterocycles. The van der Waals surface area contributed by atoms with Crippen LogP contribution in [0.4, 0.5) is 0 Å². The number of nitrogens with two attached hydrogens (primary N) is 1. The van der Waals surface area contributed by atoms with Crippen molar-refractivity contribution < 1.29 is 14.3 Å². The molecule has 0 unspecified atom stereocenters. The van der Waals surface area contributed by atoms with Gasteiger partial charge in [-0.15, -0.1) is 0 Å². The molecule has 0 saturated carbocycles. The van der Waals surface area contributed by atoms with E-state index in [2.05, 4.69) is 0 Å². The van der Waals surface area contributed by atoms with E-state index in [0.717, 1.165) is 0 Å². The van der Waals surface area contributed by atoms with E-state index in [0.29, 0.717) is 6.61 Å². The van der Waals surface area contributed by atoms with E-state index in [1.165, 1.54) is 4.90 Å². The molecule has 0 bridgehead atoms. The Morgan fingerprint density at radius 1 is 1.33 bits per heavy atom. The number of ether oxygens (including phenoxy) is 1. The monoisotopic (exact) mass is 216 g/mol. The lowest BCUT2D eigenvalue weighted by molar-refractivity contribution is -0.150. The van der Waals surface area contributed by atoms with Crippen molar-refractivity contribution in [3.8, 4) is 0 Å². The highest BCUT2D eigenvalue weighted by Crippen LogP contribution is 2.01. The van der Waals surface area contributed by atoms with E-state index in [9.17, 15) is 9.59 Å². The highest BCUT2D eigenvalue weighted by molar-refractivity contribution is 5.85. The minimum atomic E-state index is -0.596. The van der Waals surface area contributed by atoms with Crippen LogP contribution in [0.25, 0.3) is 0 Å². The molecule has 5 nitrogen and oxygen atoms in total. The summed E-state index contributed by atoms with van der Waals surface area (Å²) in [7, 11) is 0. The first kappa shape index (κ1) is 13.9. The van der Waals surface area contributed by atoms with Crippen LogP contribution in [0.5, 0.6) is 0 Å². The fourth-order valence-corrected chi connectivity index (χ4v) is 1.12. The molecule has 0 radical (unpaired) electrons. The summed E-state index contributed by atoms with van der Waals surface area (Å²) in [6.07, 6.45) is 0. The van der Waals surface area contributed by atoms with Gasteiger partial charge in [0.05, 0.1) is 12.6 Å². The van der Waals surface area contributed by atoms with Crippen LogP contribution >= 0.6 is 0 Å². The maximum absolute atomic E-state index is 11.6. The SMILES string of the molecule is CCOC(=O)CN(C(=O)[C@@H](C)N)C(C)C. The maximum Gasteiger partial charge on any atom is 0.325 e. The number of rotatable bonds is 5. The smallest absolute Gasteiger partial charge is 0.325 e. The molecule has 0 heterocycles. The second-order valence-corrected chi connectivity index (χ2v) is 3.65. The van der Waals surface area contributed by atoms with E-state index < -0.39 is 12.0 Å². The summed E-state index contributed by atoms with van der Waals surface area (Å²) in [4.78, 5) is 24.3. The van der Waals surface area contributed by atoms with Crippen molar-refractivity contribution in [2.24, 2.45) is 5.73 Å². The van der Waals surface area contributed by atoms with Gasteiger partial charge in [-0.2, -0.15) is 0 Å². The first-order valence-corrected chi connectivity index (χ1v) is 5.11. The zero-order valence-electron chi connectivity index (χ0n) is 9.82. The standard InChI is InChI=1S/C10H20N2O3/c1-5-15-9(13)6-12(7(2)3)10(14)8(4)11/h7-8H,5-6,11H2,1-4H3/t8-/m1/s1. The molecule has 0 aliphatic rings. The first-order valence-electron chi connectivity index (χ1n) is 5.11. The minimum absolute atomic E-state index is 0.0358. The van der Waals surface area contributed by atoms with Gasteiger partial charge in [0.2, 0.25) is 5.91 Å². The molecule has 1 amide bonds. The zero-order chi connectivity index (χ0) is 12.0. The van der Waals surface area contributed by atoms with E-state index in [4.69, 9.17) is 10.5 Å². The highest BCUT2D eigenvalue weighted by Gasteiger charge is 2.22. The van der Waals surface area contributed by atoms with Gasteiger partial charge in [-0.25, -0.2) is 0 Å². The molecule has 0 aromatic rings. The lowest BCUT2D eigenvalue weighted by atomic mass is 10.2. The Morgan fingerprint density at radius 2 is 1.87 bits per heavy atom. The van der Waals surface area contributed by atoms with Crippen LogP contribution in [0.3, 0.4) is 0 Å². The van der Waals surface area contributed by atoms with Gasteiger partial charge < -0.3 is 15.4 Å². The van der Waals surface area contributed by atoms with Crippen molar-refractivity contribution >= 4 is 11.9 Å². The van der Waals surface area contributed by atoms with Crippen molar-refractivity contribution in [2.75, 3.05) is 13.2 Å². The van der Waals surface area contributed by atoms with E-state index in [1.54, 1.807) is 13.8 Å². The quantitative estimate of drug-likeness (QED) is 0.663. The summed E-state index contributed by atoms with van der Waals surface area (Å²) in [5.74, 6) is -0.641. The third-order valence-electron chi connectivity index (χ3n) is 1.90. The molecule has 0 fully saturated rings. The molecule has 0 aliphatic carbocycles. The minimum Gasteiger partial charge on any atom is -0.465 e. The van der Waals surface area contributed by atoms with Crippen LogP contribution in [-0.4, -0.2) is 42.0 Å². The molecule has 88 valence electrons. The Morgan fingerprint density at radius 3 is 2.20 bits per heavy atom. The Kier molecular flexibility index (Phi) is 5.93. The summed E-state index contributed by atoms with van der Waals surface area (Å²) >= 11 is 0. The largest absolute Gasteiger partial charge is 0.465 e. The zero-order valence-corrected chi connectivity index (χ0v) is 9.82. The Hall–Kier alpha value is -1.10. The second kappa shape index (κ2) is 6.40. The normalized spacial score (nSPS) is 12.4. The van der Waals surface area contributed by atoms with Gasteiger partial charge in [-0.05, 0) is 27.7 Å². The Bertz CT molecular complexity index is 227. The molecule has 0 aromatic carbocycles. The lowest BCUT2D eigenvalue weighted by Crippen LogP contribution is -2.48. The fourth-order valence-electron chi connectivity index (χ4n) is 1.12. The molecule has 5 heteroatoms. The van der Waals surface area contributed by atoms with Crippen LogP contribution in [0.15, 0.2) is 0 Å². The summed E-state index contributed by atoms with van der Waals surface area (Å²) in [6, 6.07) is -0.658. The Balaban J connectivity index is 4.41. The molecule has 2 N–H and O–H groups in total. The summed E-state index contributed by atoms with van der Waals surface area (Å²) in [5, 5.41) is 0. The van der Waals surface area contributed by atoms with Crippen LogP contribution in [0.2, 0.25) is 0 Å². The maximum atomic E-state index is 11.6. The number of carbonyl (C=O) groups is 2. The Labute approximate surface area is 90.6 Å². The average Bonchev–Trinajstić information content (AvgIpc) is 2.13. The lowest BCUT2D eigenvalue weighted by Gasteiger charge is -2.27. The third-order valence-corrected chi connectivity index (χ3v) is 1.90. The average molecular weight is 216 g/mol. The molecule has 0 rings (SSSR count). The number of nitrogens with zero attached hydrogens (tertiary/aromatic N) is 1. The number of carbonyl (C=O) groups excluding carboxylic acids is 2. The van der Waals surface area contributed by atoms with Gasteiger partial charge >= 0.3 is 5.97 Å². The van der Waals surface area contributed by atoms with Gasteiger partial charge in [-0.3, -0.25) is 9.59 Å². The van der Waals surface area contributed by atoms with Gasteiger partial charge in [0.1, 0.15) is 6.54 Å². The highest BCUT2D eigenvalue weighted by atomic mass is 16.5. The van der Waals surface area contributed by atoms with Gasteiger partial charge in [0.15, 0.2) is 0 Å². The first-order chi connectivity index (χ1) is 6.90. The van der Waals surface area contributed by atoms with E-state index in [1.807, 2.05) is 13.8 Å². The van der Waals surface area contributed by atoms with Crippen molar-refractivity contribution in [1.82, 2.24) is 4.90 Å². The van der Waals surface area contributed by atoms with Crippen molar-refractivity contribution in [2.45, 2.75) is 39.8 Å². The molecule has 0 spiro atoms. The number of hydrogen-bond donors (Lipinski definition) is 1. The van der Waals surface area contributed by atoms with Gasteiger partial charge in [-0.1, -0.05) is 0 Å². The van der Waals surface area contributed by atoms with Crippen LogP contribution in [0, 0.1) is 0 Å². The third kappa shape index (κ3) is 4.78. The van der Waals surface area contributed by atoms with E-state index >= 15 is 0 Å². The van der Waals surface area contributed by atoms with E-state index in [-0.39, 0.29) is 18.5 Å². The van der Waals surface area contributed by atoms with Crippen LogP contribution in [-0.2, 0) is 14.3 Å². The van der Waals surface area contributed by atoms with Crippen molar-refractivity contribution in [3.63, 3.8) is 0 Å². The predicted molar refractivity (Wildman–Crippen MR) is 57.1 cm³/mol. The molecule has 15 heavy (non-hydrogen) atoms. The predicted octanol–water partition coefficient (Wildman–Crippen LogP) is 0.134. The van der Waals surface area contributed by atoms with Crippen molar-refractivity contribution in [1.29, 1.82) is 0 Å². The molecular formula is C10H20N2O3. The molecule has 1 atom stereocenters. The van der Waals surface area contributed by atoms with Crippen LogP contribution < -0.4 is 5.73 Å². The van der Waals surface area contributed by atoms with Crippen LogP contribution in [0.1, 0.15) is 27.7 Å².